The van der Waals surface area contributed by atoms with Crippen molar-refractivity contribution in [2.45, 2.75) is 13.3 Å². The zero-order chi connectivity index (χ0) is 27.5. The molecule has 5 heterocycles. The highest BCUT2D eigenvalue weighted by Crippen LogP contribution is 2.35. The number of nitrogens with zero attached hydrogens (tertiary/aromatic N) is 8. The summed E-state index contributed by atoms with van der Waals surface area (Å²) in [5, 5.41) is 19.7. The Balaban J connectivity index is 1.30. The van der Waals surface area contributed by atoms with Crippen LogP contribution in [-0.4, -0.2) is 52.2 Å². The largest absolute Gasteiger partial charge is 0.497 e. The molecule has 5 N–H and O–H groups in total. The molecule has 0 aliphatic carbocycles. The van der Waals surface area contributed by atoms with Gasteiger partial charge in [-0.3, -0.25) is 5.10 Å². The number of anilines is 2. The number of hydrogen-bond acceptors (Lipinski definition) is 11. The second-order valence-corrected chi connectivity index (χ2v) is 9.42. The number of methoxy groups -OCH3 is 1. The molecule has 0 unspecified atom stereocenters. The molecule has 0 amide bonds. The summed E-state index contributed by atoms with van der Waals surface area (Å²) in [6.07, 6.45) is 1.62. The van der Waals surface area contributed by atoms with Crippen molar-refractivity contribution in [2.24, 2.45) is 7.05 Å². The Hall–Kier alpha value is -5.59. The summed E-state index contributed by atoms with van der Waals surface area (Å²) in [4.78, 5) is 17.7. The van der Waals surface area contributed by atoms with Gasteiger partial charge in [-0.2, -0.15) is 10.2 Å². The van der Waals surface area contributed by atoms with Crippen LogP contribution in [-0.2, 0) is 13.5 Å². The maximum absolute atomic E-state index is 6.53. The second kappa shape index (κ2) is 8.73. The fourth-order valence-corrected chi connectivity index (χ4v) is 5.07. The SMILES string of the molecule is COc1ccc2cc(-c3nn(C)c4nc(Cc5noc(C)c5-c5[nH]nc6ncnc(N)c56)nc(N)c34)ccc2c1. The number of rotatable bonds is 5. The van der Waals surface area contributed by atoms with Gasteiger partial charge in [-0.1, -0.05) is 23.4 Å². The molecular weight excluding hydrogens is 510 g/mol. The van der Waals surface area contributed by atoms with Gasteiger partial charge in [-0.25, -0.2) is 24.6 Å². The van der Waals surface area contributed by atoms with Gasteiger partial charge in [0, 0.05) is 12.6 Å². The number of nitrogens with one attached hydrogen (secondary N) is 1. The van der Waals surface area contributed by atoms with Crippen LogP contribution in [0.4, 0.5) is 11.6 Å². The fourth-order valence-electron chi connectivity index (χ4n) is 5.07. The maximum Gasteiger partial charge on any atom is 0.186 e. The predicted octanol–water partition coefficient (Wildman–Crippen LogP) is 3.58. The Morgan fingerprint density at radius 2 is 1.82 bits per heavy atom. The Kier molecular flexibility index (Phi) is 5.13. The summed E-state index contributed by atoms with van der Waals surface area (Å²) in [7, 11) is 3.49. The molecule has 0 fully saturated rings. The van der Waals surface area contributed by atoms with E-state index in [1.807, 2.05) is 44.3 Å². The average Bonchev–Trinajstić information content (AvgIpc) is 3.64. The molecule has 0 atom stereocenters. The van der Waals surface area contributed by atoms with Gasteiger partial charge >= 0.3 is 0 Å². The van der Waals surface area contributed by atoms with E-state index in [0.29, 0.717) is 67.9 Å². The van der Waals surface area contributed by atoms with E-state index >= 15 is 0 Å². The number of nitrogens with two attached hydrogens (primary N) is 2. The number of hydrogen-bond donors (Lipinski definition) is 3. The summed E-state index contributed by atoms with van der Waals surface area (Å²) >= 11 is 0. The Labute approximate surface area is 226 Å². The molecule has 0 radical (unpaired) electrons. The number of aromatic amines is 1. The molecule has 13 nitrogen and oxygen atoms in total. The van der Waals surface area contributed by atoms with E-state index in [0.717, 1.165) is 22.1 Å². The first kappa shape index (κ1) is 23.5. The van der Waals surface area contributed by atoms with Crippen LogP contribution < -0.4 is 16.2 Å². The average molecular weight is 534 g/mol. The van der Waals surface area contributed by atoms with E-state index in [-0.39, 0.29) is 6.42 Å². The van der Waals surface area contributed by atoms with E-state index in [1.54, 1.807) is 11.8 Å². The first-order valence-electron chi connectivity index (χ1n) is 12.4. The minimum absolute atomic E-state index is 0.249. The van der Waals surface area contributed by atoms with Gasteiger partial charge in [0.05, 0.1) is 35.6 Å². The molecule has 0 aliphatic rings. The number of aromatic nitrogens is 9. The van der Waals surface area contributed by atoms with Crippen LogP contribution in [0.25, 0.3) is 55.4 Å². The summed E-state index contributed by atoms with van der Waals surface area (Å²) < 4.78 is 12.6. The van der Waals surface area contributed by atoms with Crippen LogP contribution in [0, 0.1) is 6.92 Å². The van der Waals surface area contributed by atoms with Crippen molar-refractivity contribution in [1.82, 2.24) is 45.1 Å². The molecule has 0 bridgehead atoms. The van der Waals surface area contributed by atoms with E-state index in [1.165, 1.54) is 6.33 Å². The molecule has 7 aromatic rings. The first-order valence-corrected chi connectivity index (χ1v) is 12.4. The predicted molar refractivity (Wildman–Crippen MR) is 149 cm³/mol. The number of H-pyrrole nitrogens is 1. The molecule has 0 saturated heterocycles. The molecule has 0 saturated carbocycles. The maximum atomic E-state index is 6.53. The highest BCUT2D eigenvalue weighted by molar-refractivity contribution is 6.01. The van der Waals surface area contributed by atoms with Gasteiger partial charge in [-0.15, -0.1) is 0 Å². The number of benzene rings is 2. The summed E-state index contributed by atoms with van der Waals surface area (Å²) in [5.41, 5.74) is 17.3. The number of aryl methyl sites for hydroxylation is 2. The molecule has 7 rings (SSSR count). The van der Waals surface area contributed by atoms with Crippen LogP contribution in [0.15, 0.2) is 47.2 Å². The Morgan fingerprint density at radius 3 is 2.67 bits per heavy atom. The lowest BCUT2D eigenvalue weighted by Crippen LogP contribution is -2.04. The fraction of sp³-hybridized carbons (Fsp3) is 0.148. The lowest BCUT2D eigenvalue weighted by atomic mass is 10.0. The van der Waals surface area contributed by atoms with Crippen LogP contribution in [0.5, 0.6) is 5.75 Å². The molecule has 2 aromatic carbocycles. The van der Waals surface area contributed by atoms with Crippen LogP contribution in [0.2, 0.25) is 0 Å². The highest BCUT2D eigenvalue weighted by atomic mass is 16.5. The zero-order valence-electron chi connectivity index (χ0n) is 21.8. The summed E-state index contributed by atoms with van der Waals surface area (Å²) in [6, 6.07) is 12.0. The van der Waals surface area contributed by atoms with Gasteiger partial charge in [0.2, 0.25) is 0 Å². The molecule has 0 aliphatic heterocycles. The van der Waals surface area contributed by atoms with Crippen molar-refractivity contribution >= 4 is 44.5 Å². The quantitative estimate of drug-likeness (QED) is 0.294. The number of nitrogen functional groups attached to an aromatic ring is 2. The van der Waals surface area contributed by atoms with E-state index in [9.17, 15) is 0 Å². The summed E-state index contributed by atoms with van der Waals surface area (Å²) in [5.74, 6) is 2.47. The molecule has 13 heteroatoms. The van der Waals surface area contributed by atoms with Gasteiger partial charge in [-0.05, 0) is 35.9 Å². The van der Waals surface area contributed by atoms with Crippen molar-refractivity contribution in [2.75, 3.05) is 18.6 Å². The molecular formula is C27H23N11O2. The smallest absolute Gasteiger partial charge is 0.186 e. The lowest BCUT2D eigenvalue weighted by molar-refractivity contribution is 0.391. The standard InChI is InChI=1S/C27H23N11O2/c1-12-19(23-20-24(28)30-11-31-26(20)35-34-23)17(37-40-12)10-18-32-25(29)21-22(36-38(2)27(21)33-18)15-5-4-14-9-16(39-3)7-6-13(14)8-15/h4-9,11H,10H2,1-3H3,(H2,29,32,33)(H3,28,30,31,34,35). The van der Waals surface area contributed by atoms with Gasteiger partial charge in [0.15, 0.2) is 11.3 Å². The third kappa shape index (κ3) is 3.59. The normalized spacial score (nSPS) is 11.7. The van der Waals surface area contributed by atoms with Gasteiger partial charge < -0.3 is 20.7 Å². The monoisotopic (exact) mass is 533 g/mol. The van der Waals surface area contributed by atoms with E-state index in [2.05, 4.69) is 36.4 Å². The Morgan fingerprint density at radius 1 is 1.00 bits per heavy atom. The molecule has 0 spiro atoms. The highest BCUT2D eigenvalue weighted by Gasteiger charge is 2.24. The molecule has 40 heavy (non-hydrogen) atoms. The second-order valence-electron chi connectivity index (χ2n) is 9.42. The van der Waals surface area contributed by atoms with Crippen molar-refractivity contribution in [3.8, 4) is 28.3 Å². The minimum Gasteiger partial charge on any atom is -0.497 e. The van der Waals surface area contributed by atoms with Gasteiger partial charge in [0.25, 0.3) is 0 Å². The zero-order valence-corrected chi connectivity index (χ0v) is 21.8. The van der Waals surface area contributed by atoms with Crippen LogP contribution in [0.1, 0.15) is 17.3 Å². The van der Waals surface area contributed by atoms with Crippen LogP contribution in [0.3, 0.4) is 0 Å². The van der Waals surface area contributed by atoms with Crippen molar-refractivity contribution in [1.29, 1.82) is 0 Å². The third-order valence-corrected chi connectivity index (χ3v) is 6.97. The van der Waals surface area contributed by atoms with E-state index in [4.69, 9.17) is 30.8 Å². The number of fused-ring (bicyclic) bond motifs is 3. The Bertz CT molecular complexity index is 2090. The molecule has 198 valence electrons. The van der Waals surface area contributed by atoms with Gasteiger partial charge in [0.1, 0.15) is 46.7 Å². The third-order valence-electron chi connectivity index (χ3n) is 6.97. The topological polar surface area (TPSA) is 185 Å². The minimum atomic E-state index is 0.249. The van der Waals surface area contributed by atoms with Crippen molar-refractivity contribution < 1.29 is 9.26 Å². The number of ether oxygens (including phenoxy) is 1. The first-order chi connectivity index (χ1) is 19.4. The van der Waals surface area contributed by atoms with Crippen LogP contribution >= 0.6 is 0 Å². The van der Waals surface area contributed by atoms with E-state index < -0.39 is 0 Å². The lowest BCUT2D eigenvalue weighted by Gasteiger charge is -2.06. The van der Waals surface area contributed by atoms with Crippen molar-refractivity contribution in [3.63, 3.8) is 0 Å². The molecule has 5 aromatic heterocycles. The summed E-state index contributed by atoms with van der Waals surface area (Å²) in [6.45, 7) is 1.81. The van der Waals surface area contributed by atoms with Crippen molar-refractivity contribution in [3.05, 3.63) is 60.0 Å².